The lowest BCUT2D eigenvalue weighted by Crippen LogP contribution is -2.33. The Bertz CT molecular complexity index is 1490. The van der Waals surface area contributed by atoms with Crippen molar-refractivity contribution >= 4 is 43.6 Å². The third kappa shape index (κ3) is 6.90. The molecule has 0 bridgehead atoms. The summed E-state index contributed by atoms with van der Waals surface area (Å²) in [6.45, 7) is 4.93. The Kier molecular flexibility index (Phi) is 8.60. The molecule has 0 radical (unpaired) electrons. The molecule has 14 nitrogen and oxygen atoms in total. The molecule has 1 aliphatic heterocycles. The lowest BCUT2D eigenvalue weighted by atomic mass is 10.0. The second-order valence-corrected chi connectivity index (χ2v) is 13.3. The van der Waals surface area contributed by atoms with E-state index in [1.807, 2.05) is 0 Å². The number of fused-ring (bicyclic) bond motifs is 1. The monoisotopic (exact) mass is 607 g/mol. The first-order valence-electron chi connectivity index (χ1n) is 11.3. The first kappa shape index (κ1) is 29.7. The van der Waals surface area contributed by atoms with Gasteiger partial charge in [0, 0.05) is 0 Å². The zero-order valence-electron chi connectivity index (χ0n) is 20.2. The molecule has 18 heteroatoms. The van der Waals surface area contributed by atoms with Crippen molar-refractivity contribution in [1.29, 1.82) is 0 Å². The molecule has 3 aromatic rings. The number of aliphatic hydroxyl groups excluding tert-OH is 2. The first-order chi connectivity index (χ1) is 18.1. The van der Waals surface area contributed by atoms with Crippen LogP contribution in [0.25, 0.3) is 11.0 Å². The number of halogens is 2. The van der Waals surface area contributed by atoms with E-state index in [-0.39, 0.29) is 16.7 Å². The average Bonchev–Trinajstić information content (AvgIpc) is 3.35. The van der Waals surface area contributed by atoms with Crippen LogP contribution in [-0.2, 0) is 18.4 Å². The number of ether oxygens (including phenoxy) is 1. The molecule has 1 aromatic carbocycles. The minimum atomic E-state index is -4.86. The van der Waals surface area contributed by atoms with Crippen molar-refractivity contribution in [2.45, 2.75) is 37.5 Å². The molecule has 1 saturated heterocycles. The van der Waals surface area contributed by atoms with Gasteiger partial charge in [-0.25, -0.2) is 9.07 Å². The number of aliphatic hydroxyl groups is 2. The van der Waals surface area contributed by atoms with Crippen LogP contribution in [0.1, 0.15) is 24.8 Å². The van der Waals surface area contributed by atoms with Gasteiger partial charge in [0.25, 0.3) is 0 Å². The van der Waals surface area contributed by atoms with Gasteiger partial charge in [0.1, 0.15) is 29.9 Å². The largest absolute Gasteiger partial charge is 0.387 e. The molecule has 2 aromatic heterocycles. The average molecular weight is 608 g/mol. The van der Waals surface area contributed by atoms with E-state index in [0.29, 0.717) is 16.5 Å². The highest BCUT2D eigenvalue weighted by atomic mass is 35.5. The summed E-state index contributed by atoms with van der Waals surface area (Å²) in [6, 6.07) is 5.33. The van der Waals surface area contributed by atoms with Crippen molar-refractivity contribution in [2.24, 2.45) is 0 Å². The lowest BCUT2D eigenvalue weighted by Gasteiger charge is -2.21. The Balaban J connectivity index is 1.60. The Morgan fingerprint density at radius 3 is 2.64 bits per heavy atom. The third-order valence-electron chi connectivity index (χ3n) is 5.76. The van der Waals surface area contributed by atoms with Gasteiger partial charge in [-0.1, -0.05) is 24.3 Å². The van der Waals surface area contributed by atoms with Gasteiger partial charge in [-0.3, -0.25) is 9.13 Å². The Morgan fingerprint density at radius 2 is 2.00 bits per heavy atom. The van der Waals surface area contributed by atoms with E-state index in [1.54, 1.807) is 19.1 Å². The van der Waals surface area contributed by atoms with E-state index < -0.39 is 64.1 Å². The molecule has 0 saturated carbocycles. The number of benzene rings is 1. The zero-order chi connectivity index (χ0) is 28.7. The third-order valence-corrected chi connectivity index (χ3v) is 9.39. The fourth-order valence-electron chi connectivity index (χ4n) is 4.04. The van der Waals surface area contributed by atoms with Gasteiger partial charge in [-0.2, -0.15) is 15.1 Å². The molecule has 4 rings (SSSR count). The summed E-state index contributed by atoms with van der Waals surface area (Å²) in [6.07, 6.45) is -4.60. The molecule has 1 unspecified atom stereocenters. The minimum absolute atomic E-state index is 0.0874. The predicted octanol–water partition coefficient (Wildman–Crippen LogP) is 2.30. The summed E-state index contributed by atoms with van der Waals surface area (Å²) in [5.74, 6) is -1.66. The highest BCUT2D eigenvalue weighted by molar-refractivity contribution is 7.70. The number of hydrogen-bond donors (Lipinski definition) is 6. The van der Waals surface area contributed by atoms with Crippen molar-refractivity contribution in [3.8, 4) is 0 Å². The van der Waals surface area contributed by atoms with Crippen molar-refractivity contribution in [2.75, 3.05) is 17.8 Å². The number of hydrogen-bond acceptors (Lipinski definition) is 10. The van der Waals surface area contributed by atoms with Gasteiger partial charge in [0.2, 0.25) is 5.28 Å². The van der Waals surface area contributed by atoms with Gasteiger partial charge >= 0.3 is 15.2 Å². The minimum Gasteiger partial charge on any atom is -0.387 e. The molecular weight excluding hydrogens is 583 g/mol. The number of nitrogens with one attached hydrogen (secondary N) is 1. The maximum atomic E-state index is 13.9. The van der Waals surface area contributed by atoms with Crippen LogP contribution in [0.2, 0.25) is 5.28 Å². The van der Waals surface area contributed by atoms with Crippen LogP contribution in [0.4, 0.5) is 10.2 Å². The SMILES string of the molecule is C=C(C)[C@@H](Nc1nc(Cl)nc2c1cnn2[C@@H]1O[C@H](COP(=O)(O)CP(=O)(O)O)[C@@H](O)[C@H]1O)c1cccc(F)c1. The van der Waals surface area contributed by atoms with Gasteiger partial charge in [-0.15, -0.1) is 0 Å². The number of nitrogens with zero attached hydrogens (tertiary/aromatic N) is 4. The van der Waals surface area contributed by atoms with E-state index in [0.717, 1.165) is 4.68 Å². The van der Waals surface area contributed by atoms with E-state index in [2.05, 4.69) is 27.0 Å². The molecule has 0 aliphatic carbocycles. The first-order valence-corrected chi connectivity index (χ1v) is 15.2. The quantitative estimate of drug-likeness (QED) is 0.111. The van der Waals surface area contributed by atoms with Crippen LogP contribution in [0.3, 0.4) is 0 Å². The molecule has 0 amide bonds. The molecule has 1 fully saturated rings. The summed E-state index contributed by atoms with van der Waals surface area (Å²) in [5, 5.41) is 28.5. The van der Waals surface area contributed by atoms with Gasteiger partial charge in [0.15, 0.2) is 17.8 Å². The topological polar surface area (TPSA) is 209 Å². The maximum Gasteiger partial charge on any atom is 0.340 e. The fourth-order valence-corrected chi connectivity index (χ4v) is 6.78. The normalized spacial score (nSPS) is 24.0. The summed E-state index contributed by atoms with van der Waals surface area (Å²) >= 11 is 6.16. The van der Waals surface area contributed by atoms with Crippen LogP contribution in [0.15, 0.2) is 42.6 Å². The van der Waals surface area contributed by atoms with Crippen molar-refractivity contribution in [3.05, 3.63) is 59.3 Å². The molecule has 3 heterocycles. The highest BCUT2D eigenvalue weighted by Crippen LogP contribution is 2.55. The smallest absolute Gasteiger partial charge is 0.340 e. The molecule has 212 valence electrons. The van der Waals surface area contributed by atoms with Crippen LogP contribution in [-0.4, -0.2) is 75.5 Å². The number of aromatic nitrogens is 4. The van der Waals surface area contributed by atoms with Crippen LogP contribution < -0.4 is 5.32 Å². The summed E-state index contributed by atoms with van der Waals surface area (Å²) in [7, 11) is -9.60. The van der Waals surface area contributed by atoms with Crippen LogP contribution >= 0.6 is 26.8 Å². The molecular formula is C21H25ClFN5O9P2. The second kappa shape index (κ2) is 11.3. The standard InChI is InChI=1S/C21H25ClFN5O9P2/c1-10(2)15(11-4-3-5-12(23)6-11)25-18-13-7-24-28(19(13)27-21(22)26-18)20-17(30)16(29)14(37-20)8-36-39(34,35)9-38(31,32)33/h3-7,14-17,20,29-30H,1,8-9H2,2H3,(H,34,35)(H,25,26,27)(H2,31,32,33)/t14-,15-,16-,17-,20-/m1/s1. The van der Waals surface area contributed by atoms with Crippen LogP contribution in [0, 0.1) is 5.82 Å². The highest BCUT2D eigenvalue weighted by Gasteiger charge is 2.46. The zero-order valence-corrected chi connectivity index (χ0v) is 22.7. The van der Waals surface area contributed by atoms with E-state index in [9.17, 15) is 28.6 Å². The Labute approximate surface area is 225 Å². The Morgan fingerprint density at radius 1 is 1.28 bits per heavy atom. The summed E-state index contributed by atoms with van der Waals surface area (Å²) < 4.78 is 48.3. The summed E-state index contributed by atoms with van der Waals surface area (Å²) in [5.41, 5.74) is 1.29. The van der Waals surface area contributed by atoms with Crippen molar-refractivity contribution in [1.82, 2.24) is 19.7 Å². The van der Waals surface area contributed by atoms with Gasteiger partial charge in [-0.05, 0) is 36.2 Å². The van der Waals surface area contributed by atoms with E-state index >= 15 is 0 Å². The molecule has 6 atom stereocenters. The lowest BCUT2D eigenvalue weighted by molar-refractivity contribution is -0.0541. The van der Waals surface area contributed by atoms with Gasteiger partial charge in [0.05, 0.1) is 24.2 Å². The molecule has 0 spiro atoms. The molecule has 39 heavy (non-hydrogen) atoms. The van der Waals surface area contributed by atoms with Crippen LogP contribution in [0.5, 0.6) is 0 Å². The predicted molar refractivity (Wildman–Crippen MR) is 137 cm³/mol. The molecule has 6 N–H and O–H groups in total. The van der Waals surface area contributed by atoms with Crippen molar-refractivity contribution < 1.29 is 47.7 Å². The Hall–Kier alpha value is -2.29. The second-order valence-electron chi connectivity index (χ2n) is 8.93. The van der Waals surface area contributed by atoms with Gasteiger partial charge < -0.3 is 39.5 Å². The van der Waals surface area contributed by atoms with Crippen molar-refractivity contribution in [3.63, 3.8) is 0 Å². The molecule has 1 aliphatic rings. The number of anilines is 1. The fraction of sp³-hybridized carbons (Fsp3) is 0.381. The van der Waals surface area contributed by atoms with E-state index in [4.69, 9.17) is 30.6 Å². The van der Waals surface area contributed by atoms with E-state index in [1.165, 1.54) is 18.3 Å². The maximum absolute atomic E-state index is 13.9. The summed E-state index contributed by atoms with van der Waals surface area (Å²) in [4.78, 5) is 35.9. The number of rotatable bonds is 10.